The monoisotopic (exact) mass is 900 g/mol. The number of allylic oxidation sites excluding steroid dienone is 16. The molecule has 11 nitrogen and oxygen atoms in total. The van der Waals surface area contributed by atoms with Gasteiger partial charge in [-0.1, -0.05) is 187 Å². The molecular formula is C51H82NO10P. The van der Waals surface area contributed by atoms with Crippen molar-refractivity contribution in [3.05, 3.63) is 109 Å². The van der Waals surface area contributed by atoms with Crippen molar-refractivity contribution < 1.29 is 47.5 Å². The largest absolute Gasteiger partial charge is 0.480 e. The standard InChI is InChI=1S/C51H82NO10P/c1-3-5-7-9-11-13-15-17-19-21-23-25-26-28-30-32-34-36-38-40-42-49(53)59-44-47(45-60-63(57,58)61-46-48(52)51(55)56)62-50(54)43-41-39-37-35-33-31-29-27-24-22-20-18-16-14-12-10-8-6-4-2/h15,17,20-23,26-29,32-35,38-41,47-48H,3-14,16,18-19,24-25,30-31,36-37,42-46,52H2,1-2H3,(H,55,56)(H,57,58)/t47-,48+/m1/s1. The fourth-order valence-corrected chi connectivity index (χ4v) is 6.41. The number of esters is 2. The van der Waals surface area contributed by atoms with Crippen molar-refractivity contribution in [2.75, 3.05) is 19.8 Å². The van der Waals surface area contributed by atoms with E-state index in [1.807, 2.05) is 36.5 Å². The Morgan fingerprint density at radius 1 is 0.492 bits per heavy atom. The number of phosphoric acid groups is 1. The van der Waals surface area contributed by atoms with E-state index in [1.165, 1.54) is 83.5 Å². The summed E-state index contributed by atoms with van der Waals surface area (Å²) in [5, 5.41) is 8.90. The molecule has 1 unspecified atom stereocenters. The number of ether oxygens (including phenoxy) is 2. The molecule has 3 atom stereocenters. The number of aliphatic carboxylic acids is 1. The number of carbonyl (C=O) groups excluding carboxylic acids is 2. The van der Waals surface area contributed by atoms with Gasteiger partial charge < -0.3 is 25.2 Å². The molecule has 0 bridgehead atoms. The van der Waals surface area contributed by atoms with Crippen molar-refractivity contribution in [2.24, 2.45) is 5.73 Å². The lowest BCUT2D eigenvalue weighted by Gasteiger charge is -2.20. The van der Waals surface area contributed by atoms with Gasteiger partial charge in [0, 0.05) is 0 Å². The van der Waals surface area contributed by atoms with Crippen LogP contribution in [0.3, 0.4) is 0 Å². The molecule has 0 radical (unpaired) electrons. The predicted octanol–water partition coefficient (Wildman–Crippen LogP) is 13.0. The van der Waals surface area contributed by atoms with E-state index in [2.05, 4.69) is 79.1 Å². The Hall–Kier alpha value is -3.86. The normalized spacial score (nSPS) is 14.6. The van der Waals surface area contributed by atoms with Gasteiger partial charge in [0.05, 0.1) is 26.1 Å². The molecule has 356 valence electrons. The summed E-state index contributed by atoms with van der Waals surface area (Å²) < 4.78 is 32.5. The first-order valence-corrected chi connectivity index (χ1v) is 24.9. The maximum Gasteiger partial charge on any atom is 0.472 e. The number of phosphoric ester groups is 1. The second-order valence-electron chi connectivity index (χ2n) is 15.2. The smallest absolute Gasteiger partial charge is 0.472 e. The summed E-state index contributed by atoms with van der Waals surface area (Å²) in [5.41, 5.74) is 5.33. The van der Waals surface area contributed by atoms with Crippen LogP contribution < -0.4 is 5.73 Å². The van der Waals surface area contributed by atoms with E-state index >= 15 is 0 Å². The third-order valence-electron chi connectivity index (χ3n) is 9.31. The van der Waals surface area contributed by atoms with Crippen LogP contribution in [0.25, 0.3) is 0 Å². The molecule has 0 aliphatic heterocycles. The van der Waals surface area contributed by atoms with Gasteiger partial charge in [0.2, 0.25) is 0 Å². The average Bonchev–Trinajstić information content (AvgIpc) is 3.26. The van der Waals surface area contributed by atoms with Crippen LogP contribution in [-0.4, -0.2) is 59.9 Å². The zero-order valence-corrected chi connectivity index (χ0v) is 39.5. The van der Waals surface area contributed by atoms with Gasteiger partial charge in [-0.15, -0.1) is 0 Å². The maximum absolute atomic E-state index is 12.6. The third-order valence-corrected chi connectivity index (χ3v) is 10.3. The van der Waals surface area contributed by atoms with Crippen LogP contribution in [0.2, 0.25) is 0 Å². The van der Waals surface area contributed by atoms with Gasteiger partial charge in [-0.05, 0) is 70.6 Å². The summed E-state index contributed by atoms with van der Waals surface area (Å²) in [6.45, 7) is 2.58. The fourth-order valence-electron chi connectivity index (χ4n) is 5.63. The van der Waals surface area contributed by atoms with Crippen molar-refractivity contribution in [3.63, 3.8) is 0 Å². The number of carboxylic acids is 1. The van der Waals surface area contributed by atoms with Gasteiger partial charge in [0.1, 0.15) is 12.6 Å². The van der Waals surface area contributed by atoms with Crippen LogP contribution in [-0.2, 0) is 37.5 Å². The van der Waals surface area contributed by atoms with Crippen LogP contribution in [0.4, 0.5) is 0 Å². The Morgan fingerprint density at radius 3 is 1.25 bits per heavy atom. The minimum absolute atomic E-state index is 0.0348. The van der Waals surface area contributed by atoms with Crippen molar-refractivity contribution in [1.82, 2.24) is 0 Å². The van der Waals surface area contributed by atoms with E-state index in [9.17, 15) is 23.8 Å². The van der Waals surface area contributed by atoms with Crippen molar-refractivity contribution in [1.29, 1.82) is 0 Å². The van der Waals surface area contributed by atoms with Gasteiger partial charge in [0.15, 0.2) is 6.10 Å². The van der Waals surface area contributed by atoms with Crippen LogP contribution in [0.1, 0.15) is 162 Å². The second kappa shape index (κ2) is 44.7. The van der Waals surface area contributed by atoms with Gasteiger partial charge >= 0.3 is 25.7 Å². The topological polar surface area (TPSA) is 172 Å². The van der Waals surface area contributed by atoms with Crippen LogP contribution >= 0.6 is 7.82 Å². The SMILES string of the molecule is CCCCCCCC=CCC=CCC=CCC=CCC=CCC(=O)OC[C@H](COP(=O)(O)OC[C@H](N)C(=O)O)OC(=O)CC=CCC=CCC=CCC=CCCCCCCCCC. The first kappa shape index (κ1) is 59.1. The lowest BCUT2D eigenvalue weighted by molar-refractivity contribution is -0.160. The molecule has 0 amide bonds. The van der Waals surface area contributed by atoms with E-state index in [1.54, 1.807) is 12.2 Å². The highest BCUT2D eigenvalue weighted by Gasteiger charge is 2.28. The van der Waals surface area contributed by atoms with Gasteiger partial charge in [0.25, 0.3) is 0 Å². The molecule has 0 fully saturated rings. The Kier molecular flexibility index (Phi) is 42.0. The molecule has 0 rings (SSSR count). The highest BCUT2D eigenvalue weighted by Crippen LogP contribution is 2.43. The number of nitrogens with two attached hydrogens (primary N) is 1. The molecule has 0 aromatic heterocycles. The third kappa shape index (κ3) is 44.5. The number of carboxylic acid groups (broad SMARTS) is 1. The number of rotatable bonds is 42. The molecule has 0 spiro atoms. The predicted molar refractivity (Wildman–Crippen MR) is 258 cm³/mol. The molecule has 0 aromatic rings. The maximum atomic E-state index is 12.6. The molecule has 0 aliphatic carbocycles. The van der Waals surface area contributed by atoms with Crippen LogP contribution in [0, 0.1) is 0 Å². The first-order valence-electron chi connectivity index (χ1n) is 23.4. The molecule has 63 heavy (non-hydrogen) atoms. The minimum Gasteiger partial charge on any atom is -0.480 e. The lowest BCUT2D eigenvalue weighted by atomic mass is 10.1. The zero-order chi connectivity index (χ0) is 46.3. The Balaban J connectivity index is 4.61. The Bertz CT molecular complexity index is 1480. The summed E-state index contributed by atoms with van der Waals surface area (Å²) in [5.74, 6) is -2.70. The van der Waals surface area contributed by atoms with Crippen molar-refractivity contribution in [2.45, 2.75) is 174 Å². The molecule has 0 heterocycles. The molecule has 0 aromatic carbocycles. The summed E-state index contributed by atoms with van der Waals surface area (Å²) in [6.07, 6.45) is 59.3. The van der Waals surface area contributed by atoms with Crippen LogP contribution in [0.15, 0.2) is 109 Å². The number of unbranched alkanes of at least 4 members (excludes halogenated alkanes) is 12. The van der Waals surface area contributed by atoms with Gasteiger partial charge in [-0.2, -0.15) is 0 Å². The molecule has 0 saturated carbocycles. The second-order valence-corrected chi connectivity index (χ2v) is 16.7. The molecular weight excluding hydrogens is 818 g/mol. The van der Waals surface area contributed by atoms with Crippen LogP contribution in [0.5, 0.6) is 0 Å². The van der Waals surface area contributed by atoms with E-state index in [4.69, 9.17) is 24.8 Å². The highest BCUT2D eigenvalue weighted by atomic mass is 31.2. The summed E-state index contributed by atoms with van der Waals surface area (Å²) in [4.78, 5) is 45.9. The van der Waals surface area contributed by atoms with Gasteiger partial charge in [-0.3, -0.25) is 23.4 Å². The van der Waals surface area contributed by atoms with E-state index in [0.29, 0.717) is 12.8 Å². The molecule has 0 saturated heterocycles. The first-order chi connectivity index (χ1) is 30.6. The fraction of sp³-hybridized carbons (Fsp3) is 0.588. The quantitative estimate of drug-likeness (QED) is 0.0230. The zero-order valence-electron chi connectivity index (χ0n) is 38.6. The summed E-state index contributed by atoms with van der Waals surface area (Å²) in [7, 11) is -4.77. The average molecular weight is 900 g/mol. The van der Waals surface area contributed by atoms with E-state index < -0.39 is 57.7 Å². The van der Waals surface area contributed by atoms with Gasteiger partial charge in [-0.25, -0.2) is 4.57 Å². The van der Waals surface area contributed by atoms with Crippen molar-refractivity contribution >= 4 is 25.7 Å². The summed E-state index contributed by atoms with van der Waals surface area (Å²) >= 11 is 0. The van der Waals surface area contributed by atoms with E-state index in [0.717, 1.165) is 38.5 Å². The van der Waals surface area contributed by atoms with Crippen molar-refractivity contribution in [3.8, 4) is 0 Å². The highest BCUT2D eigenvalue weighted by molar-refractivity contribution is 7.47. The number of hydrogen-bond acceptors (Lipinski definition) is 9. The molecule has 12 heteroatoms. The van der Waals surface area contributed by atoms with E-state index in [-0.39, 0.29) is 12.8 Å². The number of carbonyl (C=O) groups is 3. The Labute approximate surface area is 380 Å². The Morgan fingerprint density at radius 2 is 0.841 bits per heavy atom. The lowest BCUT2D eigenvalue weighted by Crippen LogP contribution is -2.34. The minimum atomic E-state index is -4.77. The number of hydrogen-bond donors (Lipinski definition) is 3. The molecule has 0 aliphatic rings. The summed E-state index contributed by atoms with van der Waals surface area (Å²) in [6, 6.07) is -1.55. The molecule has 4 N–H and O–H groups in total.